The average molecular weight is 534 g/mol. The van der Waals surface area contributed by atoms with Gasteiger partial charge in [0.05, 0.1) is 5.52 Å². The number of aromatic nitrogens is 1. The predicted octanol–water partition coefficient (Wildman–Crippen LogP) is 4.69. The Morgan fingerprint density at radius 2 is 1.70 bits per heavy atom. The van der Waals surface area contributed by atoms with E-state index in [-0.39, 0.29) is 11.0 Å². The minimum atomic E-state index is -3.74. The molecule has 4 rings (SSSR count). The summed E-state index contributed by atoms with van der Waals surface area (Å²) in [5.74, 6) is 0. The predicted molar refractivity (Wildman–Crippen MR) is 132 cm³/mol. The quantitative estimate of drug-likeness (QED) is 0.486. The van der Waals surface area contributed by atoms with Crippen molar-refractivity contribution in [2.24, 2.45) is 0 Å². The molecule has 0 radical (unpaired) electrons. The van der Waals surface area contributed by atoms with Gasteiger partial charge in [0.2, 0.25) is 0 Å². The van der Waals surface area contributed by atoms with Crippen molar-refractivity contribution in [2.75, 3.05) is 26.2 Å². The number of nitrogens with zero attached hydrogens (tertiary/aromatic N) is 3. The standard InChI is InChI=1S/C24H28BrN3O4S/c1-24(2,3)32-23(29)27-15-13-26(14-16-27)17-18-7-6-9-21-19(18)11-12-28(21)33(30,31)22-10-5-4-8-20(22)25/h4-12H,13-17H2,1-3H3. The number of carbonyl (C=O) groups excluding carboxylic acids is 1. The minimum absolute atomic E-state index is 0.228. The molecule has 0 saturated carbocycles. The fourth-order valence-corrected chi connectivity index (χ4v) is 6.28. The second kappa shape index (κ2) is 9.12. The van der Waals surface area contributed by atoms with E-state index >= 15 is 0 Å². The van der Waals surface area contributed by atoms with Crippen molar-refractivity contribution >= 4 is 42.9 Å². The minimum Gasteiger partial charge on any atom is -0.444 e. The zero-order valence-corrected chi connectivity index (χ0v) is 21.4. The number of ether oxygens (including phenoxy) is 1. The lowest BCUT2D eigenvalue weighted by Crippen LogP contribution is -2.49. The van der Waals surface area contributed by atoms with Crippen molar-refractivity contribution in [2.45, 2.75) is 37.8 Å². The van der Waals surface area contributed by atoms with Crippen molar-refractivity contribution in [3.8, 4) is 0 Å². The van der Waals surface area contributed by atoms with Crippen molar-refractivity contribution in [3.05, 3.63) is 64.8 Å². The van der Waals surface area contributed by atoms with E-state index in [9.17, 15) is 13.2 Å². The number of halogens is 1. The van der Waals surface area contributed by atoms with Gasteiger partial charge in [-0.15, -0.1) is 0 Å². The highest BCUT2D eigenvalue weighted by Gasteiger charge is 2.27. The van der Waals surface area contributed by atoms with Gasteiger partial charge in [0.15, 0.2) is 0 Å². The molecule has 9 heteroatoms. The van der Waals surface area contributed by atoms with Gasteiger partial charge in [-0.3, -0.25) is 4.90 Å². The highest BCUT2D eigenvalue weighted by molar-refractivity contribution is 9.10. The Morgan fingerprint density at radius 1 is 1.00 bits per heavy atom. The van der Waals surface area contributed by atoms with Crippen LogP contribution in [-0.4, -0.2) is 60.1 Å². The molecule has 176 valence electrons. The Labute approximate surface area is 203 Å². The maximum atomic E-state index is 13.3. The van der Waals surface area contributed by atoms with Crippen LogP contribution in [0.25, 0.3) is 10.9 Å². The van der Waals surface area contributed by atoms with Gasteiger partial charge in [0.25, 0.3) is 10.0 Å². The van der Waals surface area contributed by atoms with E-state index in [0.717, 1.165) is 24.0 Å². The number of piperazine rings is 1. The summed E-state index contributed by atoms with van der Waals surface area (Å²) < 4.78 is 34.0. The highest BCUT2D eigenvalue weighted by atomic mass is 79.9. The molecule has 1 fully saturated rings. The number of amides is 1. The molecular weight excluding hydrogens is 506 g/mol. The van der Waals surface area contributed by atoms with Gasteiger partial charge in [-0.1, -0.05) is 24.3 Å². The SMILES string of the molecule is CC(C)(C)OC(=O)N1CCN(Cc2cccc3c2ccn3S(=O)(=O)c2ccccc2Br)CC1. The lowest BCUT2D eigenvalue weighted by Gasteiger charge is -2.35. The van der Waals surface area contributed by atoms with Crippen molar-refractivity contribution in [3.63, 3.8) is 0 Å². The molecule has 7 nitrogen and oxygen atoms in total. The van der Waals surface area contributed by atoms with E-state index in [0.29, 0.717) is 29.6 Å². The van der Waals surface area contributed by atoms with Gasteiger partial charge in [-0.05, 0) is 66.5 Å². The van der Waals surface area contributed by atoms with Crippen molar-refractivity contribution < 1.29 is 17.9 Å². The first-order valence-corrected chi connectivity index (χ1v) is 13.1. The molecule has 0 spiro atoms. The Bertz CT molecular complexity index is 1270. The zero-order chi connectivity index (χ0) is 23.8. The summed E-state index contributed by atoms with van der Waals surface area (Å²) in [4.78, 5) is 16.6. The molecular formula is C24H28BrN3O4S. The normalized spacial score (nSPS) is 15.7. The first-order chi connectivity index (χ1) is 15.6. The van der Waals surface area contributed by atoms with E-state index in [1.807, 2.05) is 45.0 Å². The molecule has 33 heavy (non-hydrogen) atoms. The van der Waals surface area contributed by atoms with Crippen LogP contribution in [-0.2, 0) is 21.3 Å². The van der Waals surface area contributed by atoms with Crippen LogP contribution < -0.4 is 0 Å². The molecule has 0 bridgehead atoms. The molecule has 3 aromatic rings. The molecule has 0 atom stereocenters. The van der Waals surface area contributed by atoms with Crippen LogP contribution in [0.1, 0.15) is 26.3 Å². The van der Waals surface area contributed by atoms with Crippen LogP contribution in [0.4, 0.5) is 4.79 Å². The second-order valence-electron chi connectivity index (χ2n) is 9.14. The number of rotatable bonds is 4. The van der Waals surface area contributed by atoms with Crippen LogP contribution in [0.5, 0.6) is 0 Å². The molecule has 1 saturated heterocycles. The Kier molecular flexibility index (Phi) is 6.57. The second-order valence-corrected chi connectivity index (χ2v) is 11.8. The van der Waals surface area contributed by atoms with E-state index < -0.39 is 15.6 Å². The van der Waals surface area contributed by atoms with Gasteiger partial charge in [-0.25, -0.2) is 17.2 Å². The first kappa shape index (κ1) is 23.8. The fourth-order valence-electron chi connectivity index (χ4n) is 3.97. The lowest BCUT2D eigenvalue weighted by atomic mass is 10.1. The number of fused-ring (bicyclic) bond motifs is 1. The number of hydrogen-bond acceptors (Lipinski definition) is 5. The van der Waals surface area contributed by atoms with Crippen LogP contribution in [0.2, 0.25) is 0 Å². The molecule has 1 aromatic heterocycles. The summed E-state index contributed by atoms with van der Waals surface area (Å²) in [7, 11) is -3.74. The van der Waals surface area contributed by atoms with Crippen LogP contribution in [0.3, 0.4) is 0 Å². The van der Waals surface area contributed by atoms with Gasteiger partial charge in [0, 0.05) is 48.8 Å². The van der Waals surface area contributed by atoms with E-state index in [2.05, 4.69) is 20.8 Å². The highest BCUT2D eigenvalue weighted by Crippen LogP contribution is 2.29. The third-order valence-electron chi connectivity index (χ3n) is 5.58. The molecule has 2 aromatic carbocycles. The fraction of sp³-hybridized carbons (Fsp3) is 0.375. The summed E-state index contributed by atoms with van der Waals surface area (Å²) >= 11 is 3.36. The maximum absolute atomic E-state index is 13.3. The van der Waals surface area contributed by atoms with E-state index in [4.69, 9.17) is 4.74 Å². The molecule has 1 amide bonds. The topological polar surface area (TPSA) is 71.8 Å². The van der Waals surface area contributed by atoms with Crippen LogP contribution in [0.15, 0.2) is 64.1 Å². The Morgan fingerprint density at radius 3 is 2.36 bits per heavy atom. The average Bonchev–Trinajstić information content (AvgIpc) is 3.19. The summed E-state index contributed by atoms with van der Waals surface area (Å²) in [5, 5.41) is 0.905. The molecule has 0 aliphatic carbocycles. The number of benzene rings is 2. The summed E-state index contributed by atoms with van der Waals surface area (Å²) in [6, 6.07) is 14.4. The molecule has 0 unspecified atom stereocenters. The molecule has 1 aliphatic rings. The maximum Gasteiger partial charge on any atom is 0.410 e. The van der Waals surface area contributed by atoms with Crippen molar-refractivity contribution in [1.29, 1.82) is 0 Å². The van der Waals surface area contributed by atoms with Gasteiger partial charge in [0.1, 0.15) is 10.5 Å². The van der Waals surface area contributed by atoms with Gasteiger partial charge >= 0.3 is 6.09 Å². The molecule has 0 N–H and O–H groups in total. The smallest absolute Gasteiger partial charge is 0.410 e. The lowest BCUT2D eigenvalue weighted by molar-refractivity contribution is 0.0139. The van der Waals surface area contributed by atoms with E-state index in [1.165, 1.54) is 3.97 Å². The van der Waals surface area contributed by atoms with Crippen LogP contribution >= 0.6 is 15.9 Å². The first-order valence-electron chi connectivity index (χ1n) is 10.9. The van der Waals surface area contributed by atoms with Crippen molar-refractivity contribution in [1.82, 2.24) is 13.8 Å². The van der Waals surface area contributed by atoms with Gasteiger partial charge in [-0.2, -0.15) is 0 Å². The summed E-state index contributed by atoms with van der Waals surface area (Å²) in [5.41, 5.74) is 1.20. The van der Waals surface area contributed by atoms with Crippen LogP contribution in [0, 0.1) is 0 Å². The third-order valence-corrected chi connectivity index (χ3v) is 8.28. The van der Waals surface area contributed by atoms with E-state index in [1.54, 1.807) is 35.4 Å². The molecule has 2 heterocycles. The largest absolute Gasteiger partial charge is 0.444 e. The van der Waals surface area contributed by atoms with Gasteiger partial charge < -0.3 is 9.64 Å². The number of carbonyl (C=O) groups is 1. The monoisotopic (exact) mass is 533 g/mol. The number of hydrogen-bond donors (Lipinski definition) is 0. The Balaban J connectivity index is 1.52. The summed E-state index contributed by atoms with van der Waals surface area (Å²) in [6.45, 7) is 8.93. The Hall–Kier alpha value is -2.36. The molecule has 1 aliphatic heterocycles. The summed E-state index contributed by atoms with van der Waals surface area (Å²) in [6.07, 6.45) is 1.34. The zero-order valence-electron chi connectivity index (χ0n) is 19.0. The third kappa shape index (κ3) is 5.10.